The van der Waals surface area contributed by atoms with Gasteiger partial charge in [-0.3, -0.25) is 90.0 Å². The number of β-amino-alcohol motifs (C(OH)–C–C–N with tert-alkyl or cyclic N) is 1. The van der Waals surface area contributed by atoms with E-state index in [0.717, 1.165) is 122 Å². The molecule has 36 N–H and O–H groups in total. The summed E-state index contributed by atoms with van der Waals surface area (Å²) in [7, 11) is 3.16. The normalized spacial score (nSPS) is 17.8. The topological polar surface area (TPSA) is 746 Å². The van der Waals surface area contributed by atoms with Crippen LogP contribution in [0.2, 0.25) is 0 Å². The van der Waals surface area contributed by atoms with Crippen LogP contribution in [0.5, 0.6) is 0 Å². The Balaban J connectivity index is 0.000000138. The van der Waals surface area contributed by atoms with Crippen molar-refractivity contribution in [1.29, 1.82) is 0 Å². The van der Waals surface area contributed by atoms with Gasteiger partial charge in [0, 0.05) is 111 Å². The zero-order chi connectivity index (χ0) is 85.3. The number of anilines is 18. The molecule has 18 heterocycles. The molecule has 0 aromatic carbocycles. The highest BCUT2D eigenvalue weighted by atomic mass is 16.3. The van der Waals surface area contributed by atoms with Crippen LogP contribution >= 0.6 is 0 Å². The highest BCUT2D eigenvalue weighted by Crippen LogP contribution is 2.32. The van der Waals surface area contributed by atoms with Crippen molar-refractivity contribution in [3.8, 4) is 0 Å². The molecular formula is C67H114N36O13. The van der Waals surface area contributed by atoms with Crippen LogP contribution in [-0.4, -0.2) is 156 Å². The van der Waals surface area contributed by atoms with Crippen molar-refractivity contribution in [1.82, 2.24) is 84.3 Å². The van der Waals surface area contributed by atoms with Crippen molar-refractivity contribution in [2.24, 2.45) is 25.4 Å². The van der Waals surface area contributed by atoms with Crippen LogP contribution < -0.4 is 152 Å². The molecule has 0 saturated carbocycles. The first-order chi connectivity index (χ1) is 54.7. The van der Waals surface area contributed by atoms with E-state index in [1.54, 1.807) is 56.2 Å². The van der Waals surface area contributed by atoms with Gasteiger partial charge < -0.3 is 122 Å². The quantitative estimate of drug-likeness (QED) is 0.0688. The number of aliphatic hydroxyl groups is 4. The summed E-state index contributed by atoms with van der Waals surface area (Å²) in [5.74, 6) is 4.51. The molecule has 49 heteroatoms. The monoisotopic (exact) mass is 1630 g/mol. The third kappa shape index (κ3) is 16.3. The third-order valence-corrected chi connectivity index (χ3v) is 21.5. The third-order valence-electron chi connectivity index (χ3n) is 21.5. The van der Waals surface area contributed by atoms with Crippen LogP contribution in [-0.2, 0) is 119 Å². The van der Waals surface area contributed by atoms with Crippen LogP contribution in [0.4, 0.5) is 104 Å². The average molecular weight is 1630 g/mol. The summed E-state index contributed by atoms with van der Waals surface area (Å²) in [6, 6.07) is 0. The number of rotatable bonds is 6. The molecule has 0 amide bonds. The molecule has 3 unspecified atom stereocenters. The molecule has 640 valence electrons. The molecule has 9 aliphatic rings. The molecule has 0 radical (unpaired) electrons. The lowest BCUT2D eigenvalue weighted by Gasteiger charge is -2.19. The van der Waals surface area contributed by atoms with Gasteiger partial charge in [0.25, 0.3) is 50.0 Å². The van der Waals surface area contributed by atoms with Gasteiger partial charge >= 0.3 is 0 Å². The summed E-state index contributed by atoms with van der Waals surface area (Å²) in [6.07, 6.45) is 10.3. The number of allylic oxidation sites excluding steroid dienone is 2. The minimum atomic E-state index is -0.527. The van der Waals surface area contributed by atoms with E-state index < -0.39 is 6.10 Å². The standard InChI is InChI=1S/C10H16N4O2.C10H16N4O.C8H14N4O.2C7H12N4O.C7H10N4O.C6H10N4O2.2C6H12N4O2/c11-8-9(12-5-2-7(15)6-12)13-3-1-4-14(13)10(8)16;11-8-9(12-4-1-2-5-12)13-6-3-7-14(13)10(8)15;1-8(2)3-11-6(10)5(9)7(13)12(11)4-8;1-4-2-10-6(9)5(8)7(12)11(10)3-4;2*8-5-6(9)10-3-1-2-4-11(10)7(5)12;7-4-5(8)9-1-3(11)2-10(9)6(4)12;1-9-6(12)4(7)5(8)10(9)2-3-11;1-9-5(8)4(7)6(12)10(9)2-3-11/h7,15H,1-6,11H2;1-7,11H2;3-4,9-10H2,1-2H3;4H,2-3,8-9H2,1H3;1-4,8-9H2;1-2H,3-4,8-9H2;3,11H,1-2,7-8H2;2*11H,2-3,7-8H2,1H3. The van der Waals surface area contributed by atoms with Gasteiger partial charge in [0.2, 0.25) is 0 Å². The van der Waals surface area contributed by atoms with Crippen molar-refractivity contribution in [2.75, 3.05) is 141 Å². The largest absolute Gasteiger partial charge is 0.394 e. The Hall–Kier alpha value is -12.9. The van der Waals surface area contributed by atoms with Gasteiger partial charge in [0.1, 0.15) is 91.9 Å². The molecule has 49 nitrogen and oxygen atoms in total. The second-order valence-electron chi connectivity index (χ2n) is 30.3. The van der Waals surface area contributed by atoms with Crippen molar-refractivity contribution in [2.45, 2.75) is 183 Å². The highest BCUT2D eigenvalue weighted by molar-refractivity contribution is 5.66. The number of nitrogens with two attached hydrogens (primary N) is 16. The van der Waals surface area contributed by atoms with Crippen LogP contribution in [0.15, 0.2) is 55.3 Å². The van der Waals surface area contributed by atoms with E-state index in [0.29, 0.717) is 73.3 Å². The summed E-state index contributed by atoms with van der Waals surface area (Å²) in [5, 5.41) is 36.0. The van der Waals surface area contributed by atoms with Gasteiger partial charge in [-0.15, -0.1) is 0 Å². The summed E-state index contributed by atoms with van der Waals surface area (Å²) >= 11 is 0. The maximum absolute atomic E-state index is 11.8. The Morgan fingerprint density at radius 2 is 0.690 bits per heavy atom. The van der Waals surface area contributed by atoms with Gasteiger partial charge in [-0.25, -0.2) is 37.5 Å². The zero-order valence-electron chi connectivity index (χ0n) is 66.0. The first-order valence-electron chi connectivity index (χ1n) is 38.0. The SMILES string of the molecule is CC1(C)Cn2c(N)c(N)c(=O)n2C1.CC1Cn2c(N)c(N)c(=O)n2C1.Cn1c(=O)c(N)c(N)n1CCO.Cn1c(N)c(N)c(=O)n1CCO.Nc1c(N)n2n(c1=O)CC(O)C2.Nc1c(N)n2n(c1=O)CC=CC2.Nc1c(N)n2n(c1=O)CCCC2.Nc1c(N2CCC(O)C2)n2n(c1=O)CCC2.Nc1c(N2CCCC2)n2n(c1=O)CCC2. The number of nitrogens with zero attached hydrogens (tertiary/aromatic N) is 20. The van der Waals surface area contributed by atoms with Crippen molar-refractivity contribution < 1.29 is 20.4 Å². The minimum absolute atomic E-state index is 0.00519. The Morgan fingerprint density at radius 3 is 1.14 bits per heavy atom. The Bertz CT molecular complexity index is 5570. The molecule has 9 aromatic heterocycles. The van der Waals surface area contributed by atoms with E-state index in [-0.39, 0.29) is 152 Å². The first-order valence-corrected chi connectivity index (χ1v) is 38.0. The van der Waals surface area contributed by atoms with E-state index in [1.807, 2.05) is 21.7 Å². The van der Waals surface area contributed by atoms with Gasteiger partial charge in [0.15, 0.2) is 11.6 Å². The number of fused-ring (bicyclic) bond motifs is 7. The van der Waals surface area contributed by atoms with Crippen molar-refractivity contribution in [3.05, 3.63) is 105 Å². The van der Waals surface area contributed by atoms with E-state index in [4.69, 9.17) is 102 Å². The predicted octanol–water partition coefficient (Wildman–Crippen LogP) is -7.37. The molecule has 9 aromatic rings. The lowest BCUT2D eigenvalue weighted by atomic mass is 9.95. The summed E-state index contributed by atoms with van der Waals surface area (Å²) in [5.41, 5.74) is 88.9. The van der Waals surface area contributed by atoms with Crippen LogP contribution in [0.3, 0.4) is 0 Å². The van der Waals surface area contributed by atoms with Gasteiger partial charge in [-0.1, -0.05) is 32.9 Å². The number of hydrogen-bond acceptors (Lipinski definition) is 31. The Kier molecular flexibility index (Phi) is 25.4. The molecule has 2 saturated heterocycles. The van der Waals surface area contributed by atoms with E-state index in [1.165, 1.54) is 45.6 Å². The number of aromatic nitrogens is 18. The molecule has 0 spiro atoms. The molecule has 0 bridgehead atoms. The lowest BCUT2D eigenvalue weighted by Crippen LogP contribution is -2.27. The summed E-state index contributed by atoms with van der Waals surface area (Å²) in [4.78, 5) is 107. The van der Waals surface area contributed by atoms with E-state index >= 15 is 0 Å². The second kappa shape index (κ2) is 34.4. The molecule has 9 aliphatic heterocycles. The summed E-state index contributed by atoms with van der Waals surface area (Å²) in [6.45, 7) is 19.6. The van der Waals surface area contributed by atoms with Crippen LogP contribution in [0.25, 0.3) is 0 Å². The van der Waals surface area contributed by atoms with Gasteiger partial charge in [-0.05, 0) is 50.9 Å². The number of nitrogen functional groups attached to an aromatic ring is 16. The highest BCUT2D eigenvalue weighted by Gasteiger charge is 2.34. The number of hydrogen-bond donors (Lipinski definition) is 20. The Labute approximate surface area is 660 Å². The van der Waals surface area contributed by atoms with Gasteiger partial charge in [0.05, 0.1) is 64.7 Å². The molecule has 18 rings (SSSR count). The van der Waals surface area contributed by atoms with Crippen LogP contribution in [0, 0.1) is 11.3 Å². The van der Waals surface area contributed by atoms with Gasteiger partial charge in [-0.2, -0.15) is 0 Å². The maximum Gasteiger partial charge on any atom is 0.292 e. The zero-order valence-corrected chi connectivity index (χ0v) is 66.0. The molecule has 3 atom stereocenters. The lowest BCUT2D eigenvalue weighted by molar-refractivity contribution is 0.170. The summed E-state index contributed by atoms with van der Waals surface area (Å²) < 4.78 is 29.1. The average Bonchev–Trinajstić information content (AvgIpc) is 1.62. The fourth-order valence-electron chi connectivity index (χ4n) is 15.4. The first kappa shape index (κ1) is 85.5. The van der Waals surface area contributed by atoms with Crippen molar-refractivity contribution in [3.63, 3.8) is 0 Å². The maximum atomic E-state index is 11.8. The molecular weight excluding hydrogens is 1520 g/mol. The number of aliphatic hydroxyl groups excluding tert-OH is 4. The fraction of sp³-hybridized carbons (Fsp3) is 0.567. The predicted molar refractivity (Wildman–Crippen MR) is 446 cm³/mol. The molecule has 116 heavy (non-hydrogen) atoms. The molecule has 2 fully saturated rings. The fourth-order valence-corrected chi connectivity index (χ4v) is 15.4. The van der Waals surface area contributed by atoms with E-state index in [2.05, 4.69) is 30.4 Å². The molecule has 0 aliphatic carbocycles. The van der Waals surface area contributed by atoms with Crippen molar-refractivity contribution >= 4 is 104 Å². The Morgan fingerprint density at radius 1 is 0.328 bits per heavy atom. The minimum Gasteiger partial charge on any atom is -0.394 e. The van der Waals surface area contributed by atoms with Crippen LogP contribution in [0.1, 0.15) is 65.7 Å². The van der Waals surface area contributed by atoms with E-state index in [9.17, 15) is 53.4 Å². The second-order valence-corrected chi connectivity index (χ2v) is 30.3. The smallest absolute Gasteiger partial charge is 0.292 e.